The molecule has 3 nitrogen and oxygen atoms in total. The van der Waals surface area contributed by atoms with E-state index in [0.29, 0.717) is 0 Å². The topological polar surface area (TPSA) is 46.5 Å². The zero-order valence-corrected chi connectivity index (χ0v) is 31.7. The first kappa shape index (κ1) is 46.2. The largest absolute Gasteiger partial charge is 0.459 e. The summed E-state index contributed by atoms with van der Waals surface area (Å²) in [5.41, 5.74) is 0. The van der Waals surface area contributed by atoms with Gasteiger partial charge in [-0.1, -0.05) is 227 Å². The average molecular weight is 675 g/mol. The van der Waals surface area contributed by atoms with Crippen LogP contribution < -0.4 is 0 Å². The lowest BCUT2D eigenvalue weighted by molar-refractivity contribution is -0.133. The fourth-order valence-electron chi connectivity index (χ4n) is 5.92. The van der Waals surface area contributed by atoms with Crippen molar-refractivity contribution in [3.63, 3.8) is 0 Å². The SMILES string of the molecule is C#CC(O)CCCCCCCCCCCCCCCCCCCCCCCCCCCCCC=CC=CC=CC=CC=CC#CC(=O)OC. The normalized spacial score (nSPS) is 12.4. The Morgan fingerprint density at radius 2 is 0.857 bits per heavy atom. The number of aliphatic hydroxyl groups excluding tert-OH is 1. The highest BCUT2D eigenvalue weighted by Gasteiger charge is 1.99. The lowest BCUT2D eigenvalue weighted by atomic mass is 10.0. The van der Waals surface area contributed by atoms with Crippen LogP contribution in [0.1, 0.15) is 186 Å². The number of aliphatic hydroxyl groups is 1. The first-order valence-electron chi connectivity index (χ1n) is 20.3. The van der Waals surface area contributed by atoms with Crippen molar-refractivity contribution in [1.82, 2.24) is 0 Å². The van der Waals surface area contributed by atoms with Gasteiger partial charge in [-0.15, -0.1) is 6.42 Å². The molecule has 3 heteroatoms. The van der Waals surface area contributed by atoms with E-state index >= 15 is 0 Å². The number of terminal acetylenes is 1. The zero-order valence-electron chi connectivity index (χ0n) is 31.7. The minimum absolute atomic E-state index is 0.528. The molecule has 1 unspecified atom stereocenters. The minimum atomic E-state index is -0.535. The van der Waals surface area contributed by atoms with Gasteiger partial charge in [0.2, 0.25) is 0 Å². The Hall–Kier alpha value is -2.75. The van der Waals surface area contributed by atoms with Gasteiger partial charge in [-0.25, -0.2) is 4.79 Å². The van der Waals surface area contributed by atoms with Crippen LogP contribution in [0.4, 0.5) is 0 Å². The first-order valence-corrected chi connectivity index (χ1v) is 20.3. The highest BCUT2D eigenvalue weighted by atomic mass is 16.5. The molecule has 0 aromatic rings. The van der Waals surface area contributed by atoms with Crippen molar-refractivity contribution >= 4 is 5.97 Å². The van der Waals surface area contributed by atoms with Crippen LogP contribution in [0.15, 0.2) is 60.8 Å². The smallest absolute Gasteiger partial charge is 0.384 e. The van der Waals surface area contributed by atoms with Gasteiger partial charge in [0.25, 0.3) is 0 Å². The van der Waals surface area contributed by atoms with Crippen molar-refractivity contribution in [2.24, 2.45) is 0 Å². The van der Waals surface area contributed by atoms with Gasteiger partial charge in [-0.05, 0) is 31.8 Å². The molecule has 0 heterocycles. The number of methoxy groups -OCH3 is 1. The number of rotatable bonds is 34. The Morgan fingerprint density at radius 3 is 1.22 bits per heavy atom. The fourth-order valence-corrected chi connectivity index (χ4v) is 5.92. The summed E-state index contributed by atoms with van der Waals surface area (Å²) in [6.45, 7) is 0. The number of hydrogen-bond donors (Lipinski definition) is 1. The Balaban J connectivity index is 3.25. The first-order chi connectivity index (χ1) is 24.2. The minimum Gasteiger partial charge on any atom is -0.459 e. The van der Waals surface area contributed by atoms with Gasteiger partial charge >= 0.3 is 5.97 Å². The number of carbonyl (C=O) groups excluding carboxylic acids is 1. The molecule has 0 spiro atoms. The molecule has 0 saturated carbocycles. The predicted molar refractivity (Wildman–Crippen MR) is 214 cm³/mol. The van der Waals surface area contributed by atoms with Crippen LogP contribution >= 0.6 is 0 Å². The highest BCUT2D eigenvalue weighted by Crippen LogP contribution is 2.16. The third kappa shape index (κ3) is 41.3. The van der Waals surface area contributed by atoms with Gasteiger partial charge in [-0.3, -0.25) is 0 Å². The van der Waals surface area contributed by atoms with Crippen molar-refractivity contribution in [2.75, 3.05) is 7.11 Å². The number of ether oxygens (including phenoxy) is 1. The molecule has 1 atom stereocenters. The second-order valence-corrected chi connectivity index (χ2v) is 13.5. The third-order valence-electron chi connectivity index (χ3n) is 8.99. The summed E-state index contributed by atoms with van der Waals surface area (Å²) in [5, 5.41) is 9.35. The average Bonchev–Trinajstić information content (AvgIpc) is 3.11. The molecule has 0 aromatic carbocycles. The van der Waals surface area contributed by atoms with Crippen LogP contribution in [0.5, 0.6) is 0 Å². The molecule has 1 N–H and O–H groups in total. The molecule has 49 heavy (non-hydrogen) atoms. The van der Waals surface area contributed by atoms with Gasteiger partial charge < -0.3 is 9.84 Å². The molecule has 0 amide bonds. The summed E-state index contributed by atoms with van der Waals surface area (Å²) in [7, 11) is 1.32. The third-order valence-corrected chi connectivity index (χ3v) is 8.99. The monoisotopic (exact) mass is 675 g/mol. The molecule has 0 rings (SSSR count). The van der Waals surface area contributed by atoms with Crippen molar-refractivity contribution in [3.8, 4) is 24.2 Å². The lowest BCUT2D eigenvalue weighted by Gasteiger charge is -2.05. The predicted octanol–water partition coefficient (Wildman–Crippen LogP) is 13.3. The molecule has 0 aliphatic heterocycles. The van der Waals surface area contributed by atoms with Crippen LogP contribution in [0.3, 0.4) is 0 Å². The maximum atomic E-state index is 10.8. The maximum absolute atomic E-state index is 10.8. The van der Waals surface area contributed by atoms with Crippen molar-refractivity contribution in [3.05, 3.63) is 60.8 Å². The molecule has 0 aromatic heterocycles. The Bertz CT molecular complexity index is 965. The van der Waals surface area contributed by atoms with Crippen LogP contribution in [-0.2, 0) is 9.53 Å². The summed E-state index contributed by atoms with van der Waals surface area (Å²) in [6, 6.07) is 0. The van der Waals surface area contributed by atoms with Crippen LogP contribution in [0, 0.1) is 24.2 Å². The van der Waals surface area contributed by atoms with Crippen LogP contribution in [0.25, 0.3) is 0 Å². The molecule has 276 valence electrons. The summed E-state index contributed by atoms with van der Waals surface area (Å²) >= 11 is 0. The number of esters is 1. The van der Waals surface area contributed by atoms with E-state index in [9.17, 15) is 9.90 Å². The van der Waals surface area contributed by atoms with E-state index < -0.39 is 12.1 Å². The van der Waals surface area contributed by atoms with Gasteiger partial charge in [0.1, 0.15) is 6.10 Å². The molecule has 0 radical (unpaired) electrons. The van der Waals surface area contributed by atoms with Crippen LogP contribution in [-0.4, -0.2) is 24.3 Å². The quantitative estimate of drug-likeness (QED) is 0.0243. The van der Waals surface area contributed by atoms with E-state index in [0.717, 1.165) is 19.3 Å². The molecule has 0 saturated heterocycles. The van der Waals surface area contributed by atoms with Gasteiger partial charge in [0, 0.05) is 5.92 Å². The molecule has 0 aliphatic carbocycles. The second-order valence-electron chi connectivity index (χ2n) is 13.5. The molecular formula is C46H74O3. The van der Waals surface area contributed by atoms with E-state index in [4.69, 9.17) is 6.42 Å². The van der Waals surface area contributed by atoms with Crippen molar-refractivity contribution < 1.29 is 14.6 Å². The molecule has 0 aliphatic rings. The van der Waals surface area contributed by atoms with Gasteiger partial charge in [-0.2, -0.15) is 0 Å². The maximum Gasteiger partial charge on any atom is 0.384 e. The summed E-state index contributed by atoms with van der Waals surface area (Å²) in [5.74, 6) is 6.81. The van der Waals surface area contributed by atoms with Gasteiger partial charge in [0.05, 0.1) is 7.11 Å². The zero-order chi connectivity index (χ0) is 35.6. The van der Waals surface area contributed by atoms with Gasteiger partial charge in [0.15, 0.2) is 0 Å². The second kappa shape index (κ2) is 41.4. The van der Waals surface area contributed by atoms with E-state index in [2.05, 4.69) is 40.7 Å². The standard InChI is InChI=1S/C46H74O3/c1-3-45(47)43-41-39-37-35-33-31-29-27-25-23-21-19-17-15-13-11-9-7-5-4-6-8-10-12-14-16-18-20-22-24-26-28-30-32-34-36-38-40-42-44-46(48)49-2/h1,22,24,26,28,30,32,34,36,38,40,45,47H,4-21,23,25,27,29,31,33,35,37,39,41,43H2,2H3. The van der Waals surface area contributed by atoms with E-state index in [1.165, 1.54) is 174 Å². The van der Waals surface area contributed by atoms with E-state index in [1.54, 1.807) is 12.2 Å². The summed E-state index contributed by atoms with van der Waals surface area (Å²) in [4.78, 5) is 10.8. The Kier molecular flexibility index (Phi) is 39.1. The summed E-state index contributed by atoms with van der Waals surface area (Å²) < 4.78 is 4.44. The summed E-state index contributed by atoms with van der Waals surface area (Å²) in [6.07, 6.45) is 63.7. The fraction of sp³-hybridized carbons (Fsp3) is 0.674. The number of hydrogen-bond acceptors (Lipinski definition) is 3. The van der Waals surface area contributed by atoms with Crippen molar-refractivity contribution in [2.45, 2.75) is 192 Å². The Labute approximate surface area is 304 Å². The lowest BCUT2D eigenvalue weighted by Crippen LogP contribution is -2.01. The van der Waals surface area contributed by atoms with E-state index in [-0.39, 0.29) is 0 Å². The highest BCUT2D eigenvalue weighted by molar-refractivity contribution is 5.88. The molecule has 0 bridgehead atoms. The van der Waals surface area contributed by atoms with Crippen LogP contribution in [0.2, 0.25) is 0 Å². The number of carbonyl (C=O) groups is 1. The molecule has 0 fully saturated rings. The number of allylic oxidation sites excluding steroid dienone is 10. The van der Waals surface area contributed by atoms with E-state index in [1.807, 2.05) is 30.4 Å². The Morgan fingerprint density at radius 1 is 0.531 bits per heavy atom. The molecular weight excluding hydrogens is 601 g/mol. The van der Waals surface area contributed by atoms with Crippen molar-refractivity contribution in [1.29, 1.82) is 0 Å². The number of unbranched alkanes of at least 4 members (excludes halogenated alkanes) is 27.